The first-order valence-corrected chi connectivity index (χ1v) is 12.2. The van der Waals surface area contributed by atoms with Crippen LogP contribution in [-0.2, 0) is 20.9 Å². The zero-order chi connectivity index (χ0) is 25.7. The first-order valence-electron chi connectivity index (χ1n) is 11.4. The van der Waals surface area contributed by atoms with Gasteiger partial charge in [-0.1, -0.05) is 59.6 Å². The first kappa shape index (κ1) is 25.8. The van der Waals surface area contributed by atoms with Gasteiger partial charge >= 0.3 is 0 Å². The Morgan fingerprint density at radius 3 is 2.39 bits per heavy atom. The molecular formula is C28H25Cl2NO5. The summed E-state index contributed by atoms with van der Waals surface area (Å²) >= 11 is 12.5. The number of rotatable bonds is 9. The van der Waals surface area contributed by atoms with E-state index in [0.29, 0.717) is 46.6 Å². The number of methoxy groups -OCH3 is 1. The number of amides is 1. The van der Waals surface area contributed by atoms with Gasteiger partial charge in [0.2, 0.25) is 0 Å². The third kappa shape index (κ3) is 5.57. The molecule has 1 unspecified atom stereocenters. The van der Waals surface area contributed by atoms with Gasteiger partial charge in [-0.2, -0.15) is 0 Å². The van der Waals surface area contributed by atoms with Gasteiger partial charge in [0.15, 0.2) is 0 Å². The molecule has 1 fully saturated rings. The maximum Gasteiger partial charge on any atom is 0.295 e. The van der Waals surface area contributed by atoms with Crippen molar-refractivity contribution in [3.8, 4) is 5.75 Å². The van der Waals surface area contributed by atoms with E-state index in [-0.39, 0.29) is 17.9 Å². The zero-order valence-corrected chi connectivity index (χ0v) is 21.1. The largest absolute Gasteiger partial charge is 0.507 e. The van der Waals surface area contributed by atoms with Crippen LogP contribution in [0.4, 0.5) is 0 Å². The van der Waals surface area contributed by atoms with Gasteiger partial charge in [0, 0.05) is 35.9 Å². The lowest BCUT2D eigenvalue weighted by atomic mass is 9.95. The quantitative estimate of drug-likeness (QED) is 0.160. The maximum absolute atomic E-state index is 13.1. The van der Waals surface area contributed by atoms with Gasteiger partial charge in [0.25, 0.3) is 11.7 Å². The molecule has 0 aliphatic carbocycles. The van der Waals surface area contributed by atoms with E-state index >= 15 is 0 Å². The van der Waals surface area contributed by atoms with E-state index < -0.39 is 17.7 Å². The molecule has 0 spiro atoms. The molecule has 0 aromatic heterocycles. The molecule has 3 aromatic carbocycles. The third-order valence-corrected chi connectivity index (χ3v) is 6.48. The number of nitrogens with zero attached hydrogens (tertiary/aromatic N) is 1. The average molecular weight is 526 g/mol. The maximum atomic E-state index is 13.1. The van der Waals surface area contributed by atoms with Crippen LogP contribution in [0.2, 0.25) is 10.0 Å². The smallest absolute Gasteiger partial charge is 0.295 e. The summed E-state index contributed by atoms with van der Waals surface area (Å²) < 4.78 is 10.9. The van der Waals surface area contributed by atoms with Gasteiger partial charge in [-0.15, -0.1) is 0 Å². The molecule has 36 heavy (non-hydrogen) atoms. The highest BCUT2D eigenvalue weighted by Gasteiger charge is 2.46. The topological polar surface area (TPSA) is 76.1 Å². The number of aliphatic hydroxyl groups is 1. The van der Waals surface area contributed by atoms with Crippen molar-refractivity contribution in [2.24, 2.45) is 0 Å². The number of ether oxygens (including phenoxy) is 2. The van der Waals surface area contributed by atoms with E-state index in [1.54, 1.807) is 49.6 Å². The van der Waals surface area contributed by atoms with Gasteiger partial charge in [-0.05, 0) is 53.9 Å². The van der Waals surface area contributed by atoms with Crippen LogP contribution in [0.25, 0.3) is 5.76 Å². The summed E-state index contributed by atoms with van der Waals surface area (Å²) in [5.41, 5.74) is 1.88. The van der Waals surface area contributed by atoms with E-state index in [1.807, 2.05) is 30.3 Å². The number of ketones is 1. The average Bonchev–Trinajstić information content (AvgIpc) is 3.13. The highest BCUT2D eigenvalue weighted by atomic mass is 35.5. The lowest BCUT2D eigenvalue weighted by Gasteiger charge is -2.26. The summed E-state index contributed by atoms with van der Waals surface area (Å²) in [7, 11) is 1.56. The van der Waals surface area contributed by atoms with E-state index in [0.717, 1.165) is 5.56 Å². The van der Waals surface area contributed by atoms with Gasteiger partial charge in [-0.3, -0.25) is 9.59 Å². The van der Waals surface area contributed by atoms with Crippen molar-refractivity contribution in [1.29, 1.82) is 0 Å². The van der Waals surface area contributed by atoms with Crippen molar-refractivity contribution in [2.45, 2.75) is 19.1 Å². The summed E-state index contributed by atoms with van der Waals surface area (Å²) in [6.45, 7) is 1.06. The summed E-state index contributed by atoms with van der Waals surface area (Å²) in [6, 6.07) is 20.4. The van der Waals surface area contributed by atoms with Crippen LogP contribution in [0.5, 0.6) is 5.75 Å². The van der Waals surface area contributed by atoms with Crippen molar-refractivity contribution in [1.82, 2.24) is 4.90 Å². The predicted octanol–water partition coefficient (Wildman–Crippen LogP) is 6.03. The first-order chi connectivity index (χ1) is 17.4. The molecular weight excluding hydrogens is 501 g/mol. The van der Waals surface area contributed by atoms with Crippen LogP contribution in [-0.4, -0.2) is 42.0 Å². The zero-order valence-electron chi connectivity index (χ0n) is 19.6. The molecule has 1 aliphatic heterocycles. The van der Waals surface area contributed by atoms with Gasteiger partial charge in [0.05, 0.1) is 11.6 Å². The second kappa shape index (κ2) is 11.6. The normalized spacial score (nSPS) is 17.0. The minimum Gasteiger partial charge on any atom is -0.507 e. The SMILES string of the molecule is COCCCN1C(=O)C(=O)/C(=C(/O)c2ccc(OCc3ccccc3)cc2)C1c1ccc(Cl)cc1Cl. The minimum absolute atomic E-state index is 0.0282. The molecule has 1 N–H and O–H groups in total. The van der Waals surface area contributed by atoms with Crippen molar-refractivity contribution in [3.05, 3.63) is 105 Å². The number of halogens is 2. The van der Waals surface area contributed by atoms with Crippen LogP contribution in [0, 0.1) is 0 Å². The molecule has 6 nitrogen and oxygen atoms in total. The molecule has 8 heteroatoms. The molecule has 1 atom stereocenters. The van der Waals surface area contributed by atoms with Crippen LogP contribution in [0.1, 0.15) is 29.2 Å². The number of Topliss-reactive ketones (excluding diaryl/α,β-unsaturated/α-hetero) is 1. The Balaban J connectivity index is 1.67. The van der Waals surface area contributed by atoms with Crippen LogP contribution < -0.4 is 4.74 Å². The second-order valence-corrected chi connectivity index (χ2v) is 9.15. The molecule has 1 aliphatic rings. The molecule has 4 rings (SSSR count). The molecule has 1 amide bonds. The Hall–Kier alpha value is -3.32. The number of benzene rings is 3. The molecule has 1 heterocycles. The highest BCUT2D eigenvalue weighted by molar-refractivity contribution is 6.47. The Morgan fingerprint density at radius 2 is 1.72 bits per heavy atom. The number of likely N-dealkylation sites (tertiary alicyclic amines) is 1. The lowest BCUT2D eigenvalue weighted by Crippen LogP contribution is -2.31. The summed E-state index contributed by atoms with van der Waals surface area (Å²) in [4.78, 5) is 27.5. The lowest BCUT2D eigenvalue weighted by molar-refractivity contribution is -0.140. The Kier molecular flexibility index (Phi) is 8.31. The van der Waals surface area contributed by atoms with Crippen molar-refractivity contribution >= 4 is 40.7 Å². The van der Waals surface area contributed by atoms with Gasteiger partial charge < -0.3 is 19.5 Å². The van der Waals surface area contributed by atoms with Crippen molar-refractivity contribution in [2.75, 3.05) is 20.3 Å². The van der Waals surface area contributed by atoms with E-state index in [1.165, 1.54) is 4.90 Å². The minimum atomic E-state index is -0.861. The fourth-order valence-corrected chi connectivity index (χ4v) is 4.65. The van der Waals surface area contributed by atoms with Gasteiger partial charge in [-0.25, -0.2) is 0 Å². The predicted molar refractivity (Wildman–Crippen MR) is 139 cm³/mol. The number of carbonyl (C=O) groups excluding carboxylic acids is 2. The second-order valence-electron chi connectivity index (χ2n) is 8.30. The van der Waals surface area contributed by atoms with Crippen LogP contribution >= 0.6 is 23.2 Å². The van der Waals surface area contributed by atoms with E-state index in [9.17, 15) is 14.7 Å². The van der Waals surface area contributed by atoms with Gasteiger partial charge in [0.1, 0.15) is 18.1 Å². The fraction of sp³-hybridized carbons (Fsp3) is 0.214. The van der Waals surface area contributed by atoms with Crippen LogP contribution in [0.3, 0.4) is 0 Å². The van der Waals surface area contributed by atoms with E-state index in [2.05, 4.69) is 0 Å². The monoisotopic (exact) mass is 525 g/mol. The fourth-order valence-electron chi connectivity index (χ4n) is 4.14. The molecule has 0 radical (unpaired) electrons. The van der Waals surface area contributed by atoms with Crippen LogP contribution in [0.15, 0.2) is 78.4 Å². The number of hydrogen-bond donors (Lipinski definition) is 1. The molecule has 0 saturated carbocycles. The Labute approximate surface area is 219 Å². The molecule has 3 aromatic rings. The number of aliphatic hydroxyl groups excluding tert-OH is 1. The Bertz CT molecular complexity index is 1270. The summed E-state index contributed by atoms with van der Waals surface area (Å²) in [5, 5.41) is 11.9. The van der Waals surface area contributed by atoms with Crippen molar-refractivity contribution in [3.63, 3.8) is 0 Å². The number of carbonyl (C=O) groups is 2. The molecule has 0 bridgehead atoms. The Morgan fingerprint density at radius 1 is 1.00 bits per heavy atom. The number of hydrogen-bond acceptors (Lipinski definition) is 5. The van der Waals surface area contributed by atoms with E-state index in [4.69, 9.17) is 32.7 Å². The summed E-state index contributed by atoms with van der Waals surface area (Å²) in [6.07, 6.45) is 0.513. The highest BCUT2D eigenvalue weighted by Crippen LogP contribution is 2.42. The summed E-state index contributed by atoms with van der Waals surface area (Å²) in [5.74, 6) is -1.15. The third-order valence-electron chi connectivity index (χ3n) is 5.92. The van der Waals surface area contributed by atoms with Crippen molar-refractivity contribution < 1.29 is 24.2 Å². The molecule has 186 valence electrons. The standard InChI is InChI=1S/C28H25Cl2NO5/c1-35-15-5-14-31-25(22-13-10-20(29)16-23(22)30)24(27(33)28(31)34)26(32)19-8-11-21(12-9-19)36-17-18-6-3-2-4-7-18/h2-4,6-13,16,25,32H,5,14-15,17H2,1H3/b26-24+. The molecule has 1 saturated heterocycles.